The Hall–Kier alpha value is -0.960. The number of nitrogens with one attached hydrogen (secondary N) is 1. The number of nitrogens with zero attached hydrogens (tertiary/aromatic N) is 2. The van der Waals surface area contributed by atoms with Crippen LogP contribution in [0.4, 0.5) is 0 Å². The van der Waals surface area contributed by atoms with Crippen LogP contribution < -0.4 is 5.32 Å². The van der Waals surface area contributed by atoms with Crippen molar-refractivity contribution >= 4 is 0 Å². The molecular formula is C12H21N3. The van der Waals surface area contributed by atoms with E-state index in [1.807, 2.05) is 18.5 Å². The van der Waals surface area contributed by atoms with Gasteiger partial charge in [0.1, 0.15) is 5.82 Å². The Bertz CT molecular complexity index is 261. The maximum Gasteiger partial charge on any atom is 0.132 e. The zero-order valence-electron chi connectivity index (χ0n) is 9.90. The normalized spacial score (nSPS) is 14.9. The summed E-state index contributed by atoms with van der Waals surface area (Å²) in [5.41, 5.74) is 0. The van der Waals surface area contributed by atoms with Crippen molar-refractivity contribution in [2.24, 2.45) is 0 Å². The Morgan fingerprint density at radius 2 is 1.93 bits per heavy atom. The van der Waals surface area contributed by atoms with Gasteiger partial charge in [-0.25, -0.2) is 9.97 Å². The van der Waals surface area contributed by atoms with Gasteiger partial charge in [-0.1, -0.05) is 20.8 Å². The van der Waals surface area contributed by atoms with Crippen LogP contribution in [0.2, 0.25) is 0 Å². The molecule has 0 aromatic carbocycles. The molecule has 0 spiro atoms. The molecule has 1 aromatic heterocycles. The molecule has 1 heterocycles. The summed E-state index contributed by atoms with van der Waals surface area (Å²) in [7, 11) is 0. The van der Waals surface area contributed by atoms with Gasteiger partial charge in [-0.05, 0) is 25.5 Å². The molecule has 1 aromatic rings. The van der Waals surface area contributed by atoms with E-state index in [4.69, 9.17) is 0 Å². The lowest BCUT2D eigenvalue weighted by Crippen LogP contribution is -2.34. The Morgan fingerprint density at radius 1 is 1.27 bits per heavy atom. The topological polar surface area (TPSA) is 37.8 Å². The summed E-state index contributed by atoms with van der Waals surface area (Å²) in [5, 5.41) is 3.54. The molecular weight excluding hydrogens is 186 g/mol. The van der Waals surface area contributed by atoms with E-state index in [2.05, 4.69) is 36.1 Å². The maximum atomic E-state index is 4.30. The number of rotatable bonds is 6. The first-order valence-corrected chi connectivity index (χ1v) is 5.79. The van der Waals surface area contributed by atoms with Crippen LogP contribution in [0, 0.1) is 0 Å². The van der Waals surface area contributed by atoms with Crippen molar-refractivity contribution in [1.82, 2.24) is 15.3 Å². The van der Waals surface area contributed by atoms with E-state index in [0.29, 0.717) is 12.0 Å². The molecule has 2 unspecified atom stereocenters. The zero-order valence-corrected chi connectivity index (χ0v) is 9.90. The lowest BCUT2D eigenvalue weighted by Gasteiger charge is -2.22. The van der Waals surface area contributed by atoms with E-state index in [0.717, 1.165) is 18.8 Å². The first-order chi connectivity index (χ1) is 7.29. The van der Waals surface area contributed by atoms with Crippen molar-refractivity contribution in [3.05, 3.63) is 24.3 Å². The second kappa shape index (κ2) is 6.51. The van der Waals surface area contributed by atoms with Gasteiger partial charge >= 0.3 is 0 Å². The van der Waals surface area contributed by atoms with Crippen LogP contribution in [0.5, 0.6) is 0 Å². The van der Waals surface area contributed by atoms with Gasteiger partial charge in [0.2, 0.25) is 0 Å². The molecule has 15 heavy (non-hydrogen) atoms. The molecule has 1 N–H and O–H groups in total. The molecule has 84 valence electrons. The van der Waals surface area contributed by atoms with Gasteiger partial charge in [0.15, 0.2) is 0 Å². The van der Waals surface area contributed by atoms with Crippen molar-refractivity contribution in [3.8, 4) is 0 Å². The summed E-state index contributed by atoms with van der Waals surface area (Å²) in [6.45, 7) is 7.64. The van der Waals surface area contributed by atoms with Crippen LogP contribution in [-0.4, -0.2) is 22.6 Å². The minimum atomic E-state index is 0.378. The summed E-state index contributed by atoms with van der Waals surface area (Å²) < 4.78 is 0. The van der Waals surface area contributed by atoms with Crippen molar-refractivity contribution in [1.29, 1.82) is 0 Å². The largest absolute Gasteiger partial charge is 0.313 e. The fourth-order valence-electron chi connectivity index (χ4n) is 1.73. The molecule has 3 nitrogen and oxygen atoms in total. The van der Waals surface area contributed by atoms with Gasteiger partial charge in [0.25, 0.3) is 0 Å². The fraction of sp³-hybridized carbons (Fsp3) is 0.667. The first kappa shape index (κ1) is 12.1. The Morgan fingerprint density at radius 3 is 2.47 bits per heavy atom. The highest BCUT2D eigenvalue weighted by molar-refractivity contribution is 4.99. The molecule has 2 atom stereocenters. The molecule has 3 heteroatoms. The third kappa shape index (κ3) is 3.59. The molecule has 0 saturated heterocycles. The van der Waals surface area contributed by atoms with Crippen LogP contribution >= 0.6 is 0 Å². The standard InChI is InChI=1S/C12H21N3/c1-4-7-13-11(5-2)10(3)12-14-8-6-9-15-12/h6,8-11,13H,4-5,7H2,1-3H3. The second-order valence-corrected chi connectivity index (χ2v) is 3.86. The van der Waals surface area contributed by atoms with E-state index in [1.165, 1.54) is 6.42 Å². The van der Waals surface area contributed by atoms with Crippen LogP contribution in [0.1, 0.15) is 45.4 Å². The SMILES string of the molecule is CCCNC(CC)C(C)c1ncccn1. The molecule has 0 fully saturated rings. The van der Waals surface area contributed by atoms with Crippen molar-refractivity contribution < 1.29 is 0 Å². The summed E-state index contributed by atoms with van der Waals surface area (Å²) in [4.78, 5) is 8.61. The molecule has 0 radical (unpaired) electrons. The number of aromatic nitrogens is 2. The summed E-state index contributed by atoms with van der Waals surface area (Å²) in [5.74, 6) is 1.32. The Balaban J connectivity index is 2.60. The number of hydrogen-bond donors (Lipinski definition) is 1. The predicted octanol–water partition coefficient (Wildman–Crippen LogP) is 2.36. The van der Waals surface area contributed by atoms with E-state index in [1.54, 1.807) is 0 Å². The lowest BCUT2D eigenvalue weighted by molar-refractivity contribution is 0.426. The Kier molecular flexibility index (Phi) is 5.26. The van der Waals surface area contributed by atoms with Crippen LogP contribution in [0.25, 0.3) is 0 Å². The third-order valence-electron chi connectivity index (χ3n) is 2.69. The van der Waals surface area contributed by atoms with Gasteiger partial charge in [0.05, 0.1) is 0 Å². The summed E-state index contributed by atoms with van der Waals surface area (Å²) >= 11 is 0. The lowest BCUT2D eigenvalue weighted by atomic mass is 9.98. The van der Waals surface area contributed by atoms with Gasteiger partial charge in [-0.3, -0.25) is 0 Å². The van der Waals surface area contributed by atoms with Crippen molar-refractivity contribution in [2.75, 3.05) is 6.54 Å². The average molecular weight is 207 g/mol. The second-order valence-electron chi connectivity index (χ2n) is 3.86. The molecule has 0 aliphatic heterocycles. The smallest absolute Gasteiger partial charge is 0.132 e. The van der Waals surface area contributed by atoms with Gasteiger partial charge < -0.3 is 5.32 Å². The maximum absolute atomic E-state index is 4.30. The van der Waals surface area contributed by atoms with E-state index >= 15 is 0 Å². The van der Waals surface area contributed by atoms with Crippen LogP contribution in [-0.2, 0) is 0 Å². The molecule has 0 amide bonds. The highest BCUT2D eigenvalue weighted by Crippen LogP contribution is 2.16. The summed E-state index contributed by atoms with van der Waals surface area (Å²) in [6.07, 6.45) is 5.90. The quantitative estimate of drug-likeness (QED) is 0.778. The van der Waals surface area contributed by atoms with E-state index in [9.17, 15) is 0 Å². The zero-order chi connectivity index (χ0) is 11.1. The molecule has 0 aliphatic rings. The highest BCUT2D eigenvalue weighted by Gasteiger charge is 2.18. The van der Waals surface area contributed by atoms with Crippen LogP contribution in [0.15, 0.2) is 18.5 Å². The van der Waals surface area contributed by atoms with Crippen molar-refractivity contribution in [2.45, 2.75) is 45.6 Å². The predicted molar refractivity (Wildman–Crippen MR) is 62.8 cm³/mol. The Labute approximate surface area is 92.3 Å². The summed E-state index contributed by atoms with van der Waals surface area (Å²) in [6, 6.07) is 2.34. The number of hydrogen-bond acceptors (Lipinski definition) is 3. The van der Waals surface area contributed by atoms with Gasteiger partial charge in [0, 0.05) is 24.4 Å². The minimum absolute atomic E-state index is 0.378. The monoisotopic (exact) mass is 207 g/mol. The van der Waals surface area contributed by atoms with Crippen LogP contribution in [0.3, 0.4) is 0 Å². The fourth-order valence-corrected chi connectivity index (χ4v) is 1.73. The molecule has 1 rings (SSSR count). The third-order valence-corrected chi connectivity index (χ3v) is 2.69. The molecule has 0 bridgehead atoms. The average Bonchev–Trinajstić information content (AvgIpc) is 2.31. The minimum Gasteiger partial charge on any atom is -0.313 e. The van der Waals surface area contributed by atoms with E-state index in [-0.39, 0.29) is 0 Å². The van der Waals surface area contributed by atoms with Gasteiger partial charge in [-0.15, -0.1) is 0 Å². The first-order valence-electron chi connectivity index (χ1n) is 5.79. The van der Waals surface area contributed by atoms with Gasteiger partial charge in [-0.2, -0.15) is 0 Å². The molecule has 0 aliphatic carbocycles. The molecule has 0 saturated carbocycles. The van der Waals surface area contributed by atoms with E-state index < -0.39 is 0 Å². The highest BCUT2D eigenvalue weighted by atomic mass is 14.9. The van der Waals surface area contributed by atoms with Crippen molar-refractivity contribution in [3.63, 3.8) is 0 Å².